The molecule has 1 amide bonds. The highest BCUT2D eigenvalue weighted by atomic mass is 32.1. The first kappa shape index (κ1) is 14.2. The molecule has 1 aromatic carbocycles. The zero-order chi connectivity index (χ0) is 13.7. The van der Waals surface area contributed by atoms with E-state index in [9.17, 15) is 4.79 Å². The lowest BCUT2D eigenvalue weighted by Gasteiger charge is -2.18. The van der Waals surface area contributed by atoms with Crippen LogP contribution in [0.15, 0.2) is 18.2 Å². The van der Waals surface area contributed by atoms with Gasteiger partial charge in [0.25, 0.3) is 5.91 Å². The van der Waals surface area contributed by atoms with Crippen molar-refractivity contribution in [2.75, 3.05) is 27.8 Å². The first-order valence-electron chi connectivity index (χ1n) is 5.26. The molecule has 0 radical (unpaired) electrons. The van der Waals surface area contributed by atoms with Gasteiger partial charge in [0, 0.05) is 7.05 Å². The molecule has 0 unspecified atom stereocenters. The smallest absolute Gasteiger partial charge is 0.257 e. The van der Waals surface area contributed by atoms with E-state index in [2.05, 4.69) is 0 Å². The number of hydrogen-bond donors (Lipinski definition) is 1. The third-order valence-corrected chi connectivity index (χ3v) is 2.50. The molecule has 0 fully saturated rings. The van der Waals surface area contributed by atoms with Gasteiger partial charge in [-0.3, -0.25) is 4.79 Å². The van der Waals surface area contributed by atoms with E-state index >= 15 is 0 Å². The Morgan fingerprint density at radius 1 is 1.39 bits per heavy atom. The third kappa shape index (κ3) is 3.10. The Balaban J connectivity index is 3.08. The van der Waals surface area contributed by atoms with Gasteiger partial charge in [0.2, 0.25) is 0 Å². The number of amides is 1. The Morgan fingerprint density at radius 3 is 2.56 bits per heavy atom. The van der Waals surface area contributed by atoms with Crippen molar-refractivity contribution in [1.29, 1.82) is 0 Å². The second kappa shape index (κ2) is 6.20. The van der Waals surface area contributed by atoms with Gasteiger partial charge < -0.3 is 20.1 Å². The largest absolute Gasteiger partial charge is 0.493 e. The molecular weight excluding hydrogens is 252 g/mol. The van der Waals surface area contributed by atoms with Crippen LogP contribution in [-0.2, 0) is 0 Å². The van der Waals surface area contributed by atoms with E-state index in [0.29, 0.717) is 17.1 Å². The van der Waals surface area contributed by atoms with Crippen LogP contribution < -0.4 is 15.2 Å². The van der Waals surface area contributed by atoms with Gasteiger partial charge in [0.1, 0.15) is 0 Å². The lowest BCUT2D eigenvalue weighted by Crippen LogP contribution is -2.34. The average Bonchev–Trinajstić information content (AvgIpc) is 2.35. The lowest BCUT2D eigenvalue weighted by atomic mass is 10.1. The fraction of sp³-hybridized carbons (Fsp3) is 0.333. The average molecular weight is 268 g/mol. The molecule has 0 aromatic heterocycles. The van der Waals surface area contributed by atoms with Crippen molar-refractivity contribution in [3.8, 4) is 11.5 Å². The van der Waals surface area contributed by atoms with Gasteiger partial charge in [-0.2, -0.15) is 0 Å². The van der Waals surface area contributed by atoms with Crippen molar-refractivity contribution in [2.45, 2.75) is 0 Å². The first-order chi connectivity index (χ1) is 8.51. The second-order valence-electron chi connectivity index (χ2n) is 3.67. The number of rotatable bonds is 5. The summed E-state index contributed by atoms with van der Waals surface area (Å²) in [6.45, 7) is 0.217. The van der Waals surface area contributed by atoms with Crippen LogP contribution in [0.4, 0.5) is 0 Å². The van der Waals surface area contributed by atoms with Crippen LogP contribution in [0.1, 0.15) is 10.4 Å². The van der Waals surface area contributed by atoms with Crippen molar-refractivity contribution in [1.82, 2.24) is 4.90 Å². The predicted octanol–water partition coefficient (Wildman–Crippen LogP) is 1.06. The van der Waals surface area contributed by atoms with Gasteiger partial charge in [-0.25, -0.2) is 0 Å². The van der Waals surface area contributed by atoms with Gasteiger partial charge in [0.05, 0.1) is 31.3 Å². The van der Waals surface area contributed by atoms with E-state index in [1.165, 1.54) is 19.1 Å². The molecule has 0 spiro atoms. The number of methoxy groups -OCH3 is 2. The summed E-state index contributed by atoms with van der Waals surface area (Å²) in [6.07, 6.45) is 0. The molecule has 1 rings (SSSR count). The van der Waals surface area contributed by atoms with Crippen LogP contribution >= 0.6 is 12.2 Å². The Bertz CT molecular complexity index is 463. The van der Waals surface area contributed by atoms with Crippen LogP contribution in [0.3, 0.4) is 0 Å². The van der Waals surface area contributed by atoms with Crippen molar-refractivity contribution in [3.63, 3.8) is 0 Å². The maximum atomic E-state index is 12.2. The number of para-hydroxylation sites is 1. The molecule has 5 nitrogen and oxygen atoms in total. The molecule has 0 atom stereocenters. The second-order valence-corrected chi connectivity index (χ2v) is 4.19. The summed E-state index contributed by atoms with van der Waals surface area (Å²) in [7, 11) is 4.63. The number of hydrogen-bond acceptors (Lipinski definition) is 4. The monoisotopic (exact) mass is 268 g/mol. The SMILES string of the molecule is COc1cccc(C(=O)N(C)CC(N)=S)c1OC. The summed E-state index contributed by atoms with van der Waals surface area (Å²) >= 11 is 4.78. The molecule has 0 aliphatic heterocycles. The normalized spacial score (nSPS) is 9.72. The quantitative estimate of drug-likeness (QED) is 0.809. The van der Waals surface area contributed by atoms with Gasteiger partial charge in [0.15, 0.2) is 11.5 Å². The highest BCUT2D eigenvalue weighted by Crippen LogP contribution is 2.31. The summed E-state index contributed by atoms with van der Waals surface area (Å²) in [5.74, 6) is 0.686. The molecule has 0 bridgehead atoms. The number of nitrogens with zero attached hydrogens (tertiary/aromatic N) is 1. The molecule has 0 aliphatic carbocycles. The van der Waals surface area contributed by atoms with Crippen molar-refractivity contribution >= 4 is 23.1 Å². The first-order valence-corrected chi connectivity index (χ1v) is 5.66. The lowest BCUT2D eigenvalue weighted by molar-refractivity contribution is 0.0811. The number of thiocarbonyl (C=S) groups is 1. The summed E-state index contributed by atoms with van der Waals surface area (Å²) in [5.41, 5.74) is 5.83. The fourth-order valence-corrected chi connectivity index (χ4v) is 1.76. The zero-order valence-corrected chi connectivity index (χ0v) is 11.4. The van der Waals surface area contributed by atoms with Crippen molar-refractivity contribution in [2.24, 2.45) is 5.73 Å². The van der Waals surface area contributed by atoms with Crippen LogP contribution in [-0.4, -0.2) is 43.6 Å². The van der Waals surface area contributed by atoms with Crippen LogP contribution in [0, 0.1) is 0 Å². The summed E-state index contributed by atoms with van der Waals surface area (Å²) in [6, 6.07) is 5.12. The predicted molar refractivity (Wildman–Crippen MR) is 73.3 cm³/mol. The molecule has 1 aromatic rings. The molecule has 0 aliphatic rings. The number of carbonyl (C=O) groups excluding carboxylic acids is 1. The van der Waals surface area contributed by atoms with Gasteiger partial charge in [-0.15, -0.1) is 0 Å². The number of benzene rings is 1. The Morgan fingerprint density at radius 2 is 2.06 bits per heavy atom. The standard InChI is InChI=1S/C12H16N2O3S/c1-14(7-10(13)18)12(15)8-5-4-6-9(16-2)11(8)17-3/h4-6H,7H2,1-3H3,(H2,13,18). The maximum absolute atomic E-state index is 12.2. The summed E-state index contributed by atoms with van der Waals surface area (Å²) < 4.78 is 10.3. The number of ether oxygens (including phenoxy) is 2. The Kier molecular flexibility index (Phi) is 4.91. The van der Waals surface area contributed by atoms with E-state index in [-0.39, 0.29) is 17.4 Å². The molecule has 0 saturated heterocycles. The van der Waals surface area contributed by atoms with Crippen LogP contribution in [0.25, 0.3) is 0 Å². The highest BCUT2D eigenvalue weighted by molar-refractivity contribution is 7.80. The van der Waals surface area contributed by atoms with Crippen LogP contribution in [0.2, 0.25) is 0 Å². The molecule has 2 N–H and O–H groups in total. The molecule has 18 heavy (non-hydrogen) atoms. The maximum Gasteiger partial charge on any atom is 0.257 e. The molecule has 0 heterocycles. The highest BCUT2D eigenvalue weighted by Gasteiger charge is 2.19. The Labute approximate surface area is 111 Å². The van der Waals surface area contributed by atoms with E-state index in [4.69, 9.17) is 27.4 Å². The van der Waals surface area contributed by atoms with E-state index < -0.39 is 0 Å². The van der Waals surface area contributed by atoms with E-state index in [1.54, 1.807) is 25.2 Å². The minimum Gasteiger partial charge on any atom is -0.493 e. The van der Waals surface area contributed by atoms with E-state index in [1.807, 2.05) is 0 Å². The summed E-state index contributed by atoms with van der Waals surface area (Å²) in [5, 5.41) is 0. The van der Waals surface area contributed by atoms with Crippen LogP contribution in [0.5, 0.6) is 11.5 Å². The van der Waals surface area contributed by atoms with Crippen molar-refractivity contribution in [3.05, 3.63) is 23.8 Å². The number of likely N-dealkylation sites (N-methyl/N-ethyl adjacent to an activating group) is 1. The van der Waals surface area contributed by atoms with Crippen molar-refractivity contribution < 1.29 is 14.3 Å². The third-order valence-electron chi connectivity index (χ3n) is 2.37. The van der Waals surface area contributed by atoms with Gasteiger partial charge in [-0.05, 0) is 12.1 Å². The number of nitrogens with two attached hydrogens (primary N) is 1. The molecule has 98 valence electrons. The van der Waals surface area contributed by atoms with Gasteiger partial charge >= 0.3 is 0 Å². The van der Waals surface area contributed by atoms with E-state index in [0.717, 1.165) is 0 Å². The van der Waals surface area contributed by atoms with Gasteiger partial charge in [-0.1, -0.05) is 18.3 Å². The molecule has 6 heteroatoms. The fourth-order valence-electron chi connectivity index (χ4n) is 1.57. The Hall–Kier alpha value is -1.82. The minimum absolute atomic E-state index is 0.217. The molecular formula is C12H16N2O3S. The minimum atomic E-state index is -0.224. The summed E-state index contributed by atoms with van der Waals surface area (Å²) in [4.78, 5) is 13.9. The topological polar surface area (TPSA) is 64.8 Å². The molecule has 0 saturated carbocycles. The zero-order valence-electron chi connectivity index (χ0n) is 10.6. The number of carbonyl (C=O) groups is 1.